The molecule has 0 radical (unpaired) electrons. The van der Waals surface area contributed by atoms with Gasteiger partial charge >= 0.3 is 0 Å². The minimum Gasteiger partial charge on any atom is -0.497 e. The number of benzene rings is 2. The highest BCUT2D eigenvalue weighted by molar-refractivity contribution is 7.98. The van der Waals surface area contributed by atoms with Crippen LogP contribution >= 0.6 is 11.8 Å². The number of hydrogen-bond donors (Lipinski definition) is 2. The van der Waals surface area contributed by atoms with Gasteiger partial charge in [-0.1, -0.05) is 30.3 Å². The minimum atomic E-state index is -0.599. The predicted octanol–water partition coefficient (Wildman–Crippen LogP) is 2.63. The molecular formula is C21H26N2O4S. The molecule has 0 aliphatic carbocycles. The van der Waals surface area contributed by atoms with Crippen LogP contribution in [0.1, 0.15) is 12.0 Å². The van der Waals surface area contributed by atoms with Gasteiger partial charge in [0.05, 0.1) is 7.11 Å². The Hall–Kier alpha value is -2.67. The van der Waals surface area contributed by atoms with Crippen molar-refractivity contribution in [1.29, 1.82) is 0 Å². The van der Waals surface area contributed by atoms with Crippen molar-refractivity contribution < 1.29 is 19.1 Å². The van der Waals surface area contributed by atoms with Crippen molar-refractivity contribution in [3.63, 3.8) is 0 Å². The maximum Gasteiger partial charge on any atom is 0.258 e. The van der Waals surface area contributed by atoms with Crippen LogP contribution in [0.15, 0.2) is 54.6 Å². The Morgan fingerprint density at radius 1 is 1.04 bits per heavy atom. The van der Waals surface area contributed by atoms with Gasteiger partial charge in [-0.15, -0.1) is 0 Å². The number of carbonyl (C=O) groups is 2. The maximum atomic E-state index is 12.6. The van der Waals surface area contributed by atoms with Crippen molar-refractivity contribution in [2.24, 2.45) is 0 Å². The van der Waals surface area contributed by atoms with E-state index >= 15 is 0 Å². The van der Waals surface area contributed by atoms with Gasteiger partial charge in [-0.05, 0) is 48.3 Å². The fraction of sp³-hybridized carbons (Fsp3) is 0.333. The number of ether oxygens (including phenoxy) is 2. The van der Waals surface area contributed by atoms with E-state index in [1.807, 2.05) is 48.7 Å². The van der Waals surface area contributed by atoms with Gasteiger partial charge in [0.15, 0.2) is 6.61 Å². The average molecular weight is 403 g/mol. The van der Waals surface area contributed by atoms with E-state index in [-0.39, 0.29) is 18.4 Å². The number of amides is 2. The molecule has 2 rings (SSSR count). The number of hydrogen-bond acceptors (Lipinski definition) is 5. The number of carbonyl (C=O) groups excluding carboxylic acids is 2. The summed E-state index contributed by atoms with van der Waals surface area (Å²) in [4.78, 5) is 24.8. The largest absolute Gasteiger partial charge is 0.497 e. The Morgan fingerprint density at radius 3 is 2.39 bits per heavy atom. The number of methoxy groups -OCH3 is 1. The van der Waals surface area contributed by atoms with Gasteiger partial charge < -0.3 is 20.1 Å². The molecule has 1 unspecified atom stereocenters. The molecule has 2 amide bonds. The third-order valence-corrected chi connectivity index (χ3v) is 4.65. The Balaban J connectivity index is 1.85. The highest BCUT2D eigenvalue weighted by atomic mass is 32.2. The van der Waals surface area contributed by atoms with Crippen LogP contribution in [0.2, 0.25) is 0 Å². The molecule has 0 spiro atoms. The summed E-state index contributed by atoms with van der Waals surface area (Å²) in [5, 5.41) is 5.65. The monoisotopic (exact) mass is 402 g/mol. The summed E-state index contributed by atoms with van der Waals surface area (Å²) < 4.78 is 10.6. The molecule has 0 aliphatic heterocycles. The second-order valence-corrected chi connectivity index (χ2v) is 7.05. The van der Waals surface area contributed by atoms with Crippen LogP contribution < -0.4 is 20.1 Å². The summed E-state index contributed by atoms with van der Waals surface area (Å²) in [5.74, 6) is 1.61. The van der Waals surface area contributed by atoms with Crippen molar-refractivity contribution in [1.82, 2.24) is 10.6 Å². The first-order valence-corrected chi connectivity index (χ1v) is 10.4. The van der Waals surface area contributed by atoms with Gasteiger partial charge in [-0.25, -0.2) is 0 Å². The third-order valence-electron chi connectivity index (χ3n) is 4.00. The summed E-state index contributed by atoms with van der Waals surface area (Å²) in [6.45, 7) is 0.251. The van der Waals surface area contributed by atoms with Crippen LogP contribution in [-0.4, -0.2) is 43.6 Å². The molecule has 2 N–H and O–H groups in total. The quantitative estimate of drug-likeness (QED) is 0.604. The zero-order valence-electron chi connectivity index (χ0n) is 16.1. The van der Waals surface area contributed by atoms with Crippen LogP contribution in [0.25, 0.3) is 0 Å². The summed E-state index contributed by atoms with van der Waals surface area (Å²) in [6, 6.07) is 16.0. The van der Waals surface area contributed by atoms with Crippen LogP contribution in [0.4, 0.5) is 0 Å². The van der Waals surface area contributed by atoms with Crippen molar-refractivity contribution >= 4 is 23.6 Å². The second kappa shape index (κ2) is 11.9. The lowest BCUT2D eigenvalue weighted by molar-refractivity contribution is -0.130. The predicted molar refractivity (Wildman–Crippen MR) is 112 cm³/mol. The lowest BCUT2D eigenvalue weighted by Gasteiger charge is -2.18. The zero-order chi connectivity index (χ0) is 20.2. The standard InChI is InChI=1S/C21H26N2O4S/c1-26-17-10-8-16(9-11-17)14-22-21(25)19(12-13-28-2)23-20(24)15-27-18-6-4-3-5-7-18/h3-11,19H,12-15H2,1-2H3,(H,22,25)(H,23,24). The molecule has 7 heteroatoms. The first-order chi connectivity index (χ1) is 13.6. The van der Waals surface area contributed by atoms with Gasteiger partial charge in [0.1, 0.15) is 17.5 Å². The first-order valence-electron chi connectivity index (χ1n) is 8.99. The summed E-state index contributed by atoms with van der Waals surface area (Å²) in [7, 11) is 1.61. The highest BCUT2D eigenvalue weighted by Crippen LogP contribution is 2.11. The molecule has 28 heavy (non-hydrogen) atoms. The third kappa shape index (κ3) is 7.52. The molecule has 2 aromatic carbocycles. The molecule has 0 saturated carbocycles. The van der Waals surface area contributed by atoms with E-state index in [1.54, 1.807) is 31.0 Å². The fourth-order valence-corrected chi connectivity index (χ4v) is 2.93. The highest BCUT2D eigenvalue weighted by Gasteiger charge is 2.20. The van der Waals surface area contributed by atoms with Crippen LogP contribution in [0.5, 0.6) is 11.5 Å². The van der Waals surface area contributed by atoms with Crippen LogP contribution in [0.3, 0.4) is 0 Å². The lowest BCUT2D eigenvalue weighted by Crippen LogP contribution is -2.48. The van der Waals surface area contributed by atoms with Crippen molar-refractivity contribution in [3.8, 4) is 11.5 Å². The lowest BCUT2D eigenvalue weighted by atomic mass is 10.2. The van der Waals surface area contributed by atoms with E-state index in [9.17, 15) is 9.59 Å². The Labute approximate surface area is 170 Å². The topological polar surface area (TPSA) is 76.7 Å². The normalized spacial score (nSPS) is 11.4. The first kappa shape index (κ1) is 21.6. The molecule has 150 valence electrons. The molecule has 1 atom stereocenters. The fourth-order valence-electron chi connectivity index (χ4n) is 2.46. The van der Waals surface area contributed by atoms with Gasteiger partial charge in [-0.2, -0.15) is 11.8 Å². The Bertz CT molecular complexity index is 738. The molecule has 6 nitrogen and oxygen atoms in total. The number of thioether (sulfide) groups is 1. The Morgan fingerprint density at radius 2 is 1.75 bits per heavy atom. The van der Waals surface area contributed by atoms with E-state index < -0.39 is 6.04 Å². The summed E-state index contributed by atoms with van der Waals surface area (Å²) in [5.41, 5.74) is 0.955. The van der Waals surface area contributed by atoms with E-state index in [4.69, 9.17) is 9.47 Å². The molecule has 0 heterocycles. The molecule has 0 bridgehead atoms. The molecular weight excluding hydrogens is 376 g/mol. The molecule has 0 aromatic heterocycles. The molecule has 0 fully saturated rings. The van der Waals surface area contributed by atoms with Gasteiger partial charge in [0.25, 0.3) is 5.91 Å². The summed E-state index contributed by atoms with van der Waals surface area (Å²) >= 11 is 1.63. The van der Waals surface area contributed by atoms with E-state index in [1.165, 1.54) is 0 Å². The summed E-state index contributed by atoms with van der Waals surface area (Å²) in [6.07, 6.45) is 2.51. The zero-order valence-corrected chi connectivity index (χ0v) is 17.0. The Kier molecular flexibility index (Phi) is 9.21. The minimum absolute atomic E-state index is 0.133. The van der Waals surface area contributed by atoms with E-state index in [2.05, 4.69) is 10.6 Å². The number of para-hydroxylation sites is 1. The van der Waals surface area contributed by atoms with Gasteiger partial charge in [0.2, 0.25) is 5.91 Å². The maximum absolute atomic E-state index is 12.6. The van der Waals surface area contributed by atoms with Gasteiger partial charge in [-0.3, -0.25) is 9.59 Å². The number of nitrogens with one attached hydrogen (secondary N) is 2. The number of rotatable bonds is 11. The molecule has 2 aromatic rings. The molecule has 0 aliphatic rings. The van der Waals surface area contributed by atoms with Crippen LogP contribution in [-0.2, 0) is 16.1 Å². The van der Waals surface area contributed by atoms with Crippen LogP contribution in [0, 0.1) is 0 Å². The SMILES string of the molecule is COc1ccc(CNC(=O)C(CCSC)NC(=O)COc2ccccc2)cc1. The molecule has 0 saturated heterocycles. The van der Waals surface area contributed by atoms with Crippen molar-refractivity contribution in [3.05, 3.63) is 60.2 Å². The second-order valence-electron chi connectivity index (χ2n) is 6.07. The average Bonchev–Trinajstić information content (AvgIpc) is 2.74. The smallest absolute Gasteiger partial charge is 0.258 e. The van der Waals surface area contributed by atoms with Crippen molar-refractivity contribution in [2.75, 3.05) is 25.7 Å². The van der Waals surface area contributed by atoms with E-state index in [0.29, 0.717) is 18.7 Å². The van der Waals surface area contributed by atoms with E-state index in [0.717, 1.165) is 17.1 Å². The van der Waals surface area contributed by atoms with Crippen molar-refractivity contribution in [2.45, 2.75) is 19.0 Å². The van der Waals surface area contributed by atoms with Gasteiger partial charge in [0, 0.05) is 6.54 Å².